The van der Waals surface area contributed by atoms with E-state index >= 15 is 0 Å². The number of hydrogen-bond acceptors (Lipinski definition) is 3. The maximum Gasteiger partial charge on any atom is 0.224 e. The fraction of sp³-hybridized carbons (Fsp3) is 0.500. The van der Waals surface area contributed by atoms with E-state index in [0.29, 0.717) is 6.42 Å². The zero-order chi connectivity index (χ0) is 13.1. The number of aryl methyl sites for hydroxylation is 1. The van der Waals surface area contributed by atoms with E-state index in [1.165, 1.54) is 11.1 Å². The SMILES string of the molecule is CC(N)CN(C)Cc1ccc2c(c1)CCC(=O)N2. The number of amides is 1. The van der Waals surface area contributed by atoms with E-state index in [9.17, 15) is 4.79 Å². The van der Waals surface area contributed by atoms with E-state index in [0.717, 1.165) is 25.2 Å². The molecule has 98 valence electrons. The van der Waals surface area contributed by atoms with Crippen molar-refractivity contribution in [2.75, 3.05) is 18.9 Å². The third-order valence-electron chi connectivity index (χ3n) is 3.12. The smallest absolute Gasteiger partial charge is 0.224 e. The lowest BCUT2D eigenvalue weighted by molar-refractivity contribution is -0.116. The highest BCUT2D eigenvalue weighted by Crippen LogP contribution is 2.23. The highest BCUT2D eigenvalue weighted by atomic mass is 16.1. The van der Waals surface area contributed by atoms with Gasteiger partial charge in [-0.2, -0.15) is 0 Å². The lowest BCUT2D eigenvalue weighted by Gasteiger charge is -2.21. The number of hydrogen-bond donors (Lipinski definition) is 2. The quantitative estimate of drug-likeness (QED) is 0.844. The molecule has 0 spiro atoms. The molecule has 1 aromatic carbocycles. The van der Waals surface area contributed by atoms with Crippen LogP contribution >= 0.6 is 0 Å². The molecule has 4 heteroatoms. The molecule has 1 aliphatic rings. The summed E-state index contributed by atoms with van der Waals surface area (Å²) in [4.78, 5) is 13.5. The van der Waals surface area contributed by atoms with Crippen LogP contribution < -0.4 is 11.1 Å². The van der Waals surface area contributed by atoms with Crippen molar-refractivity contribution in [3.05, 3.63) is 29.3 Å². The van der Waals surface area contributed by atoms with E-state index in [2.05, 4.69) is 29.4 Å². The number of carbonyl (C=O) groups is 1. The van der Waals surface area contributed by atoms with Crippen LogP contribution in [0.1, 0.15) is 24.5 Å². The van der Waals surface area contributed by atoms with Crippen molar-refractivity contribution in [3.63, 3.8) is 0 Å². The first-order chi connectivity index (χ1) is 8.54. The van der Waals surface area contributed by atoms with Gasteiger partial charge in [-0.15, -0.1) is 0 Å². The van der Waals surface area contributed by atoms with Gasteiger partial charge in [0.25, 0.3) is 0 Å². The van der Waals surface area contributed by atoms with Crippen LogP contribution in [0.2, 0.25) is 0 Å². The number of fused-ring (bicyclic) bond motifs is 1. The molecule has 3 N–H and O–H groups in total. The van der Waals surface area contributed by atoms with Crippen LogP contribution in [-0.2, 0) is 17.8 Å². The summed E-state index contributed by atoms with van der Waals surface area (Å²) in [6, 6.07) is 6.45. The van der Waals surface area contributed by atoms with Crippen LogP contribution in [-0.4, -0.2) is 30.4 Å². The summed E-state index contributed by atoms with van der Waals surface area (Å²) >= 11 is 0. The Balaban J connectivity index is 2.05. The van der Waals surface area contributed by atoms with Crippen LogP contribution in [0, 0.1) is 0 Å². The Morgan fingerprint density at radius 3 is 2.94 bits per heavy atom. The minimum Gasteiger partial charge on any atom is -0.327 e. The van der Waals surface area contributed by atoms with Gasteiger partial charge in [-0.3, -0.25) is 4.79 Å². The first kappa shape index (κ1) is 13.1. The predicted molar refractivity (Wildman–Crippen MR) is 73.4 cm³/mol. The molecule has 4 nitrogen and oxygen atoms in total. The second-order valence-corrected chi connectivity index (χ2v) is 5.21. The number of carbonyl (C=O) groups excluding carboxylic acids is 1. The number of rotatable bonds is 4. The third kappa shape index (κ3) is 3.31. The van der Waals surface area contributed by atoms with Gasteiger partial charge in [-0.25, -0.2) is 0 Å². The van der Waals surface area contributed by atoms with Crippen molar-refractivity contribution in [2.24, 2.45) is 5.73 Å². The van der Waals surface area contributed by atoms with Gasteiger partial charge in [0.15, 0.2) is 0 Å². The van der Waals surface area contributed by atoms with Crippen molar-refractivity contribution < 1.29 is 4.79 Å². The molecule has 0 saturated carbocycles. The number of nitrogens with two attached hydrogens (primary N) is 1. The highest BCUT2D eigenvalue weighted by Gasteiger charge is 2.15. The maximum absolute atomic E-state index is 11.3. The molecule has 1 aromatic rings. The van der Waals surface area contributed by atoms with Crippen molar-refractivity contribution in [1.82, 2.24) is 4.90 Å². The second kappa shape index (κ2) is 5.50. The molecule has 18 heavy (non-hydrogen) atoms. The topological polar surface area (TPSA) is 58.4 Å². The van der Waals surface area contributed by atoms with Crippen molar-refractivity contribution >= 4 is 11.6 Å². The molecule has 2 rings (SSSR count). The van der Waals surface area contributed by atoms with Crippen LogP contribution in [0.3, 0.4) is 0 Å². The van der Waals surface area contributed by atoms with E-state index in [-0.39, 0.29) is 11.9 Å². The molecule has 0 bridgehead atoms. The Labute approximate surface area is 108 Å². The lowest BCUT2D eigenvalue weighted by Crippen LogP contribution is -2.32. The monoisotopic (exact) mass is 247 g/mol. The predicted octanol–water partition coefficient (Wildman–Crippen LogP) is 1.35. The summed E-state index contributed by atoms with van der Waals surface area (Å²) in [5, 5.41) is 2.90. The summed E-state index contributed by atoms with van der Waals surface area (Å²) in [5.41, 5.74) is 9.26. The summed E-state index contributed by atoms with van der Waals surface area (Å²) < 4.78 is 0. The Kier molecular flexibility index (Phi) is 3.99. The molecule has 1 unspecified atom stereocenters. The van der Waals surface area contributed by atoms with E-state index < -0.39 is 0 Å². The standard InChI is InChI=1S/C14H21N3O/c1-10(15)8-17(2)9-11-3-5-13-12(7-11)4-6-14(18)16-13/h3,5,7,10H,4,6,8-9,15H2,1-2H3,(H,16,18). The van der Waals surface area contributed by atoms with E-state index in [4.69, 9.17) is 5.73 Å². The molecular formula is C14H21N3O. The fourth-order valence-corrected chi connectivity index (χ4v) is 2.40. The Morgan fingerprint density at radius 2 is 2.22 bits per heavy atom. The first-order valence-electron chi connectivity index (χ1n) is 6.40. The van der Waals surface area contributed by atoms with Crippen molar-refractivity contribution in [1.29, 1.82) is 0 Å². The summed E-state index contributed by atoms with van der Waals surface area (Å²) in [6.07, 6.45) is 1.43. The molecule has 1 heterocycles. The average Bonchev–Trinajstić information content (AvgIpc) is 2.28. The number of benzene rings is 1. The van der Waals surface area contributed by atoms with Gasteiger partial charge in [-0.1, -0.05) is 12.1 Å². The Bertz CT molecular complexity index is 443. The van der Waals surface area contributed by atoms with Gasteiger partial charge < -0.3 is 16.0 Å². The average molecular weight is 247 g/mol. The van der Waals surface area contributed by atoms with Crippen LogP contribution in [0.5, 0.6) is 0 Å². The summed E-state index contributed by atoms with van der Waals surface area (Å²) in [7, 11) is 2.07. The van der Waals surface area contributed by atoms with Crippen LogP contribution in [0.4, 0.5) is 5.69 Å². The minimum atomic E-state index is 0.115. The molecule has 1 atom stereocenters. The van der Waals surface area contributed by atoms with Crippen LogP contribution in [0.25, 0.3) is 0 Å². The number of nitrogens with one attached hydrogen (secondary N) is 1. The molecule has 0 fully saturated rings. The normalized spacial score (nSPS) is 16.3. The second-order valence-electron chi connectivity index (χ2n) is 5.21. The number of likely N-dealkylation sites (N-methyl/N-ethyl adjacent to an activating group) is 1. The van der Waals surface area contributed by atoms with Gasteiger partial charge in [-0.05, 0) is 37.6 Å². The number of anilines is 1. The van der Waals surface area contributed by atoms with Crippen molar-refractivity contribution in [2.45, 2.75) is 32.4 Å². The van der Waals surface area contributed by atoms with Gasteiger partial charge in [0, 0.05) is 31.2 Å². The third-order valence-corrected chi connectivity index (χ3v) is 3.12. The van der Waals surface area contributed by atoms with Gasteiger partial charge >= 0.3 is 0 Å². The molecule has 1 amide bonds. The van der Waals surface area contributed by atoms with Gasteiger partial charge in [0.1, 0.15) is 0 Å². The van der Waals surface area contributed by atoms with E-state index in [1.54, 1.807) is 0 Å². The van der Waals surface area contributed by atoms with Crippen molar-refractivity contribution in [3.8, 4) is 0 Å². The molecule has 1 aliphatic heterocycles. The molecule has 0 aromatic heterocycles. The highest BCUT2D eigenvalue weighted by molar-refractivity contribution is 5.93. The van der Waals surface area contributed by atoms with Gasteiger partial charge in [0.2, 0.25) is 5.91 Å². The number of nitrogens with zero attached hydrogens (tertiary/aromatic N) is 1. The summed E-state index contributed by atoms with van der Waals surface area (Å²) in [5.74, 6) is 0.115. The Hall–Kier alpha value is -1.39. The van der Waals surface area contributed by atoms with Crippen LogP contribution in [0.15, 0.2) is 18.2 Å². The minimum absolute atomic E-state index is 0.115. The van der Waals surface area contributed by atoms with Gasteiger partial charge in [0.05, 0.1) is 0 Å². The zero-order valence-electron chi connectivity index (χ0n) is 11.1. The molecule has 0 saturated heterocycles. The summed E-state index contributed by atoms with van der Waals surface area (Å²) in [6.45, 7) is 3.79. The first-order valence-corrected chi connectivity index (χ1v) is 6.40. The zero-order valence-corrected chi connectivity index (χ0v) is 11.1. The fourth-order valence-electron chi connectivity index (χ4n) is 2.40. The largest absolute Gasteiger partial charge is 0.327 e. The maximum atomic E-state index is 11.3. The lowest BCUT2D eigenvalue weighted by atomic mass is 10.0. The van der Waals surface area contributed by atoms with E-state index in [1.807, 2.05) is 13.0 Å². The molecule has 0 radical (unpaired) electrons. The molecule has 0 aliphatic carbocycles. The Morgan fingerprint density at radius 1 is 1.44 bits per heavy atom. The molecular weight excluding hydrogens is 226 g/mol.